The van der Waals surface area contributed by atoms with Crippen LogP contribution in [0.5, 0.6) is 5.75 Å². The van der Waals surface area contributed by atoms with Crippen molar-refractivity contribution in [2.24, 2.45) is 0 Å². The molecule has 0 aliphatic carbocycles. The van der Waals surface area contributed by atoms with E-state index in [1.165, 1.54) is 27.6 Å². The summed E-state index contributed by atoms with van der Waals surface area (Å²) in [6.45, 7) is 5.13. The van der Waals surface area contributed by atoms with Crippen molar-refractivity contribution >= 4 is 0 Å². The normalized spacial score (nSPS) is 15.9. The van der Waals surface area contributed by atoms with E-state index >= 15 is 0 Å². The van der Waals surface area contributed by atoms with E-state index in [0.717, 1.165) is 44.2 Å². The molecule has 7 nitrogen and oxygen atoms in total. The van der Waals surface area contributed by atoms with Gasteiger partial charge in [0.05, 0.1) is 18.6 Å². The van der Waals surface area contributed by atoms with Crippen molar-refractivity contribution in [2.75, 3.05) is 33.4 Å². The number of likely N-dealkylation sites (tertiary alicyclic amines) is 1. The SMILES string of the molecule is COC1CN(Cc2ccc(CCc3ccc(C(CN[C@@H](C)CF)Cn4cncc(O)c4=O)cc3)cc2)C1. The van der Waals surface area contributed by atoms with Crippen LogP contribution in [0.4, 0.5) is 4.39 Å². The van der Waals surface area contributed by atoms with E-state index in [1.807, 2.05) is 0 Å². The second-order valence-electron chi connectivity index (χ2n) is 10.0. The Balaban J connectivity index is 1.35. The Hall–Kier alpha value is -3.07. The molecule has 0 spiro atoms. The number of halogens is 1. The summed E-state index contributed by atoms with van der Waals surface area (Å²) in [5.74, 6) is -0.461. The molecule has 2 N–H and O–H groups in total. The molecule has 1 saturated heterocycles. The molecule has 0 saturated carbocycles. The maximum absolute atomic E-state index is 13.0. The molecule has 198 valence electrons. The standard InChI is InChI=1S/C29H37FN4O3/c1-21(13-30)32-14-26(17-34-20-31-15-28(35)29(34)36)25-11-9-23(10-12-25)4-3-22-5-7-24(8-6-22)16-33-18-27(19-33)37-2/h5-12,15,20-21,26-27,32,35H,3-4,13-14,16-19H2,1-2H3/t21-,26?/m0/s1. The predicted molar refractivity (Wildman–Crippen MR) is 143 cm³/mol. The largest absolute Gasteiger partial charge is 0.502 e. The molecule has 1 aliphatic rings. The average molecular weight is 509 g/mol. The van der Waals surface area contributed by atoms with Crippen molar-refractivity contribution in [2.45, 2.75) is 50.9 Å². The quantitative estimate of drug-likeness (QED) is 0.369. The van der Waals surface area contributed by atoms with E-state index in [4.69, 9.17) is 4.74 Å². The van der Waals surface area contributed by atoms with Gasteiger partial charge in [-0.15, -0.1) is 0 Å². The van der Waals surface area contributed by atoms with Crippen molar-refractivity contribution in [3.05, 3.63) is 93.7 Å². The van der Waals surface area contributed by atoms with Crippen LogP contribution in [-0.4, -0.2) is 65.1 Å². The molecule has 1 aliphatic heterocycles. The highest BCUT2D eigenvalue weighted by Crippen LogP contribution is 2.20. The summed E-state index contributed by atoms with van der Waals surface area (Å²) in [5.41, 5.74) is 4.43. The lowest BCUT2D eigenvalue weighted by Gasteiger charge is -2.38. The monoisotopic (exact) mass is 508 g/mol. The Kier molecular flexibility index (Phi) is 9.44. The molecule has 0 radical (unpaired) electrons. The van der Waals surface area contributed by atoms with Crippen LogP contribution in [-0.2, 0) is 30.7 Å². The zero-order valence-electron chi connectivity index (χ0n) is 21.6. The van der Waals surface area contributed by atoms with E-state index in [9.17, 15) is 14.3 Å². The molecule has 4 rings (SSSR count). The van der Waals surface area contributed by atoms with Crippen LogP contribution in [0.1, 0.15) is 35.1 Å². The van der Waals surface area contributed by atoms with Crippen molar-refractivity contribution < 1.29 is 14.2 Å². The Morgan fingerprint density at radius 3 is 2.32 bits per heavy atom. The van der Waals surface area contributed by atoms with Gasteiger partial charge in [0, 0.05) is 51.8 Å². The van der Waals surface area contributed by atoms with Gasteiger partial charge in [-0.25, -0.2) is 9.37 Å². The highest BCUT2D eigenvalue weighted by Gasteiger charge is 2.25. The first kappa shape index (κ1) is 27.0. The minimum absolute atomic E-state index is 0.0810. The minimum Gasteiger partial charge on any atom is -0.502 e. The third-order valence-electron chi connectivity index (χ3n) is 7.08. The molecular formula is C29H37FN4O3. The van der Waals surface area contributed by atoms with Crippen LogP contribution in [0.15, 0.2) is 65.8 Å². The van der Waals surface area contributed by atoms with Crippen LogP contribution in [0, 0.1) is 0 Å². The van der Waals surface area contributed by atoms with E-state index in [2.05, 4.69) is 63.7 Å². The average Bonchev–Trinajstić information content (AvgIpc) is 2.90. The molecule has 0 bridgehead atoms. The minimum atomic E-state index is -0.481. The van der Waals surface area contributed by atoms with Gasteiger partial charge in [-0.2, -0.15) is 0 Å². The Morgan fingerprint density at radius 2 is 1.70 bits per heavy atom. The van der Waals surface area contributed by atoms with Crippen LogP contribution < -0.4 is 10.9 Å². The van der Waals surface area contributed by atoms with Crippen molar-refractivity contribution in [1.29, 1.82) is 0 Å². The van der Waals surface area contributed by atoms with E-state index in [-0.39, 0.29) is 17.7 Å². The fourth-order valence-corrected chi connectivity index (χ4v) is 4.61. The van der Waals surface area contributed by atoms with Crippen LogP contribution in [0.3, 0.4) is 0 Å². The summed E-state index contributed by atoms with van der Waals surface area (Å²) in [4.78, 5) is 18.6. The fourth-order valence-electron chi connectivity index (χ4n) is 4.61. The summed E-state index contributed by atoms with van der Waals surface area (Å²) in [6.07, 6.45) is 4.83. The summed E-state index contributed by atoms with van der Waals surface area (Å²) in [5, 5.41) is 12.9. The zero-order chi connectivity index (χ0) is 26.2. The van der Waals surface area contributed by atoms with E-state index < -0.39 is 12.2 Å². The first-order valence-electron chi connectivity index (χ1n) is 12.9. The number of nitrogens with zero attached hydrogens (tertiary/aromatic N) is 3. The fraction of sp³-hybridized carbons (Fsp3) is 0.448. The van der Waals surface area contributed by atoms with E-state index in [1.54, 1.807) is 14.0 Å². The number of hydrogen-bond donors (Lipinski definition) is 2. The number of alkyl halides is 1. The zero-order valence-corrected chi connectivity index (χ0v) is 21.6. The second kappa shape index (κ2) is 12.9. The number of ether oxygens (including phenoxy) is 1. The maximum Gasteiger partial charge on any atom is 0.295 e. The van der Waals surface area contributed by atoms with Gasteiger partial charge in [-0.3, -0.25) is 14.3 Å². The topological polar surface area (TPSA) is 79.6 Å². The molecule has 37 heavy (non-hydrogen) atoms. The Labute approximate surface area is 217 Å². The van der Waals surface area contributed by atoms with Gasteiger partial charge in [0.1, 0.15) is 6.67 Å². The summed E-state index contributed by atoms with van der Waals surface area (Å²) in [7, 11) is 1.77. The van der Waals surface area contributed by atoms with Crippen molar-refractivity contribution in [3.8, 4) is 5.75 Å². The molecule has 3 aromatic rings. The number of nitrogens with one attached hydrogen (secondary N) is 1. The van der Waals surface area contributed by atoms with Gasteiger partial charge in [-0.1, -0.05) is 48.5 Å². The molecule has 2 atom stereocenters. The maximum atomic E-state index is 13.0. The number of methoxy groups -OCH3 is 1. The Morgan fingerprint density at radius 1 is 1.08 bits per heavy atom. The van der Waals surface area contributed by atoms with Crippen molar-refractivity contribution in [1.82, 2.24) is 19.8 Å². The van der Waals surface area contributed by atoms with Gasteiger partial charge in [0.2, 0.25) is 0 Å². The lowest BCUT2D eigenvalue weighted by atomic mass is 9.95. The van der Waals surface area contributed by atoms with Crippen molar-refractivity contribution in [3.63, 3.8) is 0 Å². The predicted octanol–water partition coefficient (Wildman–Crippen LogP) is 3.30. The second-order valence-corrected chi connectivity index (χ2v) is 10.0. The van der Waals surface area contributed by atoms with Gasteiger partial charge in [0.25, 0.3) is 5.56 Å². The van der Waals surface area contributed by atoms with Gasteiger partial charge in [-0.05, 0) is 42.0 Å². The molecule has 1 unspecified atom stereocenters. The number of hydrogen-bond acceptors (Lipinski definition) is 6. The first-order valence-corrected chi connectivity index (χ1v) is 12.9. The highest BCUT2D eigenvalue weighted by atomic mass is 19.1. The summed E-state index contributed by atoms with van der Waals surface area (Å²) < 4.78 is 19.8. The molecule has 2 aromatic carbocycles. The lowest BCUT2D eigenvalue weighted by Crippen LogP contribution is -2.50. The lowest BCUT2D eigenvalue weighted by molar-refractivity contribution is -0.0333. The van der Waals surface area contributed by atoms with Gasteiger partial charge >= 0.3 is 0 Å². The van der Waals surface area contributed by atoms with Crippen LogP contribution >= 0.6 is 0 Å². The smallest absolute Gasteiger partial charge is 0.295 e. The first-order chi connectivity index (χ1) is 17.9. The molecule has 1 aromatic heterocycles. The molecule has 8 heteroatoms. The third kappa shape index (κ3) is 7.47. The molecular weight excluding hydrogens is 471 g/mol. The molecule has 1 fully saturated rings. The van der Waals surface area contributed by atoms with Crippen LogP contribution in [0.25, 0.3) is 0 Å². The van der Waals surface area contributed by atoms with Gasteiger partial charge in [0.15, 0.2) is 5.75 Å². The number of rotatable bonds is 13. The number of benzene rings is 2. The molecule has 0 amide bonds. The Bertz CT molecular complexity index is 1180. The van der Waals surface area contributed by atoms with Crippen LogP contribution in [0.2, 0.25) is 0 Å². The number of aromatic nitrogens is 2. The highest BCUT2D eigenvalue weighted by molar-refractivity contribution is 5.28. The van der Waals surface area contributed by atoms with Gasteiger partial charge < -0.3 is 15.2 Å². The molecule has 2 heterocycles. The number of aryl methyl sites for hydroxylation is 2. The summed E-state index contributed by atoms with van der Waals surface area (Å²) in [6, 6.07) is 17.0. The summed E-state index contributed by atoms with van der Waals surface area (Å²) >= 11 is 0. The number of aromatic hydroxyl groups is 1. The van der Waals surface area contributed by atoms with E-state index in [0.29, 0.717) is 19.2 Å². The third-order valence-corrected chi connectivity index (χ3v) is 7.08.